The lowest BCUT2D eigenvalue weighted by molar-refractivity contribution is 0.123. The highest BCUT2D eigenvalue weighted by molar-refractivity contribution is 9.10. The van der Waals surface area contributed by atoms with E-state index in [1.165, 1.54) is 6.42 Å². The molecule has 0 amide bonds. The van der Waals surface area contributed by atoms with Crippen molar-refractivity contribution in [3.8, 4) is 5.75 Å². The molecular formula is C12H13BrO2. The lowest BCUT2D eigenvalue weighted by Gasteiger charge is -2.07. The zero-order chi connectivity index (χ0) is 10.3. The fourth-order valence-corrected chi connectivity index (χ4v) is 2.58. The Balaban J connectivity index is 1.52. The fourth-order valence-electron chi connectivity index (χ4n) is 2.32. The van der Waals surface area contributed by atoms with Gasteiger partial charge in [0.1, 0.15) is 5.75 Å². The molecule has 0 N–H and O–H groups in total. The Morgan fingerprint density at radius 2 is 2.13 bits per heavy atom. The summed E-state index contributed by atoms with van der Waals surface area (Å²) in [5, 5.41) is 0. The highest BCUT2D eigenvalue weighted by atomic mass is 79.9. The lowest BCUT2D eigenvalue weighted by Crippen LogP contribution is -2.07. The minimum atomic E-state index is 0.500. The maximum Gasteiger partial charge on any atom is 0.119 e. The molecule has 0 unspecified atom stereocenters. The normalized spacial score (nSPS) is 32.5. The molecule has 2 aliphatic rings. The van der Waals surface area contributed by atoms with Gasteiger partial charge in [-0.05, 0) is 36.6 Å². The molecule has 2 nitrogen and oxygen atoms in total. The third kappa shape index (κ3) is 1.91. The topological polar surface area (TPSA) is 18.5 Å². The van der Waals surface area contributed by atoms with Crippen LogP contribution in [0.5, 0.6) is 5.75 Å². The molecule has 80 valence electrons. The molecule has 3 atom stereocenters. The number of ether oxygens (including phenoxy) is 2. The number of hydrogen-bond acceptors (Lipinski definition) is 2. The average Bonchev–Trinajstić information content (AvgIpc) is 2.71. The monoisotopic (exact) mass is 268 g/mol. The van der Waals surface area contributed by atoms with E-state index in [0.717, 1.165) is 29.4 Å². The molecule has 0 spiro atoms. The first-order valence-electron chi connectivity index (χ1n) is 5.34. The van der Waals surface area contributed by atoms with E-state index in [4.69, 9.17) is 9.47 Å². The smallest absolute Gasteiger partial charge is 0.119 e. The molecule has 1 aliphatic carbocycles. The number of rotatable bonds is 3. The number of halogens is 1. The Morgan fingerprint density at radius 3 is 2.80 bits per heavy atom. The second-order valence-corrected chi connectivity index (χ2v) is 5.13. The molecule has 0 radical (unpaired) electrons. The summed E-state index contributed by atoms with van der Waals surface area (Å²) in [6.45, 7) is 1.75. The van der Waals surface area contributed by atoms with Crippen LogP contribution in [0.3, 0.4) is 0 Å². The van der Waals surface area contributed by atoms with Crippen LogP contribution < -0.4 is 4.74 Å². The van der Waals surface area contributed by atoms with Crippen LogP contribution in [0.15, 0.2) is 28.7 Å². The van der Waals surface area contributed by atoms with Crippen molar-refractivity contribution >= 4 is 15.9 Å². The van der Waals surface area contributed by atoms with Gasteiger partial charge in [0, 0.05) is 17.0 Å². The van der Waals surface area contributed by atoms with Crippen LogP contribution in [0.25, 0.3) is 0 Å². The summed E-state index contributed by atoms with van der Waals surface area (Å²) in [5.74, 6) is 2.37. The van der Waals surface area contributed by atoms with Gasteiger partial charge < -0.3 is 9.47 Å². The minimum absolute atomic E-state index is 0.500. The van der Waals surface area contributed by atoms with E-state index in [0.29, 0.717) is 12.0 Å². The Hall–Kier alpha value is -0.540. The van der Waals surface area contributed by atoms with Gasteiger partial charge >= 0.3 is 0 Å². The molecule has 15 heavy (non-hydrogen) atoms. The number of hydrogen-bond donors (Lipinski definition) is 0. The van der Waals surface area contributed by atoms with Crippen LogP contribution in [-0.4, -0.2) is 19.3 Å². The quantitative estimate of drug-likeness (QED) is 0.840. The number of fused-ring (bicyclic) bond motifs is 1. The summed E-state index contributed by atoms with van der Waals surface area (Å²) in [4.78, 5) is 0. The van der Waals surface area contributed by atoms with Crippen molar-refractivity contribution < 1.29 is 9.47 Å². The predicted molar refractivity (Wildman–Crippen MR) is 61.0 cm³/mol. The first-order chi connectivity index (χ1) is 7.34. The SMILES string of the molecule is Brc1ccc(OC[C@@H]2[C@@H]3CCO[C@H]23)cc1. The van der Waals surface area contributed by atoms with Gasteiger partial charge in [-0.2, -0.15) is 0 Å². The standard InChI is InChI=1S/C12H13BrO2/c13-8-1-3-9(4-2-8)15-7-11-10-5-6-14-12(10)11/h1-4,10-12H,5-7H2/t10-,11+,12-/m0/s1. The first kappa shape index (κ1) is 9.67. The first-order valence-corrected chi connectivity index (χ1v) is 6.14. The Kier molecular flexibility index (Phi) is 2.45. The summed E-state index contributed by atoms with van der Waals surface area (Å²) < 4.78 is 12.4. The zero-order valence-corrected chi connectivity index (χ0v) is 9.94. The zero-order valence-electron chi connectivity index (χ0n) is 8.36. The Labute approximate surface area is 97.7 Å². The van der Waals surface area contributed by atoms with Crippen LogP contribution in [-0.2, 0) is 4.74 Å². The summed E-state index contributed by atoms with van der Waals surface area (Å²) in [6, 6.07) is 7.98. The third-order valence-electron chi connectivity index (χ3n) is 3.27. The molecule has 1 aromatic carbocycles. The van der Waals surface area contributed by atoms with E-state index < -0.39 is 0 Å². The summed E-state index contributed by atoms with van der Waals surface area (Å²) in [5.41, 5.74) is 0. The molecule has 0 aromatic heterocycles. The molecule has 0 bridgehead atoms. The average molecular weight is 269 g/mol. The van der Waals surface area contributed by atoms with Crippen molar-refractivity contribution in [2.45, 2.75) is 12.5 Å². The van der Waals surface area contributed by atoms with Gasteiger partial charge in [-0.25, -0.2) is 0 Å². The highest BCUT2D eigenvalue weighted by Gasteiger charge is 2.54. The Morgan fingerprint density at radius 1 is 1.33 bits per heavy atom. The summed E-state index contributed by atoms with van der Waals surface area (Å²) in [7, 11) is 0. The van der Waals surface area contributed by atoms with Gasteiger partial charge in [-0.3, -0.25) is 0 Å². The maximum absolute atomic E-state index is 5.72. The van der Waals surface area contributed by atoms with Crippen LogP contribution in [0.1, 0.15) is 6.42 Å². The lowest BCUT2D eigenvalue weighted by atomic mass is 10.2. The van der Waals surface area contributed by atoms with Crippen LogP contribution >= 0.6 is 15.9 Å². The van der Waals surface area contributed by atoms with E-state index in [1.807, 2.05) is 24.3 Å². The van der Waals surface area contributed by atoms with Gasteiger partial charge in [-0.1, -0.05) is 15.9 Å². The molecule has 1 saturated heterocycles. The van der Waals surface area contributed by atoms with Gasteiger partial charge in [0.05, 0.1) is 12.7 Å². The van der Waals surface area contributed by atoms with E-state index >= 15 is 0 Å². The van der Waals surface area contributed by atoms with Crippen molar-refractivity contribution in [3.63, 3.8) is 0 Å². The van der Waals surface area contributed by atoms with Crippen LogP contribution in [0.4, 0.5) is 0 Å². The molecule has 1 saturated carbocycles. The van der Waals surface area contributed by atoms with Gasteiger partial charge in [0.25, 0.3) is 0 Å². The molecular weight excluding hydrogens is 256 g/mol. The van der Waals surface area contributed by atoms with E-state index in [-0.39, 0.29) is 0 Å². The van der Waals surface area contributed by atoms with E-state index in [2.05, 4.69) is 15.9 Å². The van der Waals surface area contributed by atoms with Crippen molar-refractivity contribution in [2.24, 2.45) is 11.8 Å². The van der Waals surface area contributed by atoms with Gasteiger partial charge in [0.15, 0.2) is 0 Å². The molecule has 1 aromatic rings. The van der Waals surface area contributed by atoms with Gasteiger partial charge in [0.2, 0.25) is 0 Å². The number of benzene rings is 1. The summed E-state index contributed by atoms with van der Waals surface area (Å²) in [6.07, 6.45) is 1.72. The minimum Gasteiger partial charge on any atom is -0.493 e. The molecule has 3 heteroatoms. The second kappa shape index (κ2) is 3.80. The highest BCUT2D eigenvalue weighted by Crippen LogP contribution is 2.48. The van der Waals surface area contributed by atoms with Crippen molar-refractivity contribution in [2.75, 3.05) is 13.2 Å². The summed E-state index contributed by atoms with van der Waals surface area (Å²) >= 11 is 3.40. The molecule has 3 rings (SSSR count). The fraction of sp³-hybridized carbons (Fsp3) is 0.500. The second-order valence-electron chi connectivity index (χ2n) is 4.22. The van der Waals surface area contributed by atoms with Gasteiger partial charge in [-0.15, -0.1) is 0 Å². The largest absolute Gasteiger partial charge is 0.493 e. The van der Waals surface area contributed by atoms with Crippen molar-refractivity contribution in [3.05, 3.63) is 28.7 Å². The maximum atomic E-state index is 5.72. The van der Waals surface area contributed by atoms with Crippen LogP contribution in [0.2, 0.25) is 0 Å². The van der Waals surface area contributed by atoms with Crippen molar-refractivity contribution in [1.29, 1.82) is 0 Å². The predicted octanol–water partition coefficient (Wildman–Crippen LogP) is 2.86. The van der Waals surface area contributed by atoms with E-state index in [9.17, 15) is 0 Å². The van der Waals surface area contributed by atoms with Crippen LogP contribution in [0, 0.1) is 11.8 Å². The van der Waals surface area contributed by atoms with Crippen molar-refractivity contribution in [1.82, 2.24) is 0 Å². The molecule has 2 fully saturated rings. The third-order valence-corrected chi connectivity index (χ3v) is 3.80. The molecule has 1 heterocycles. The molecule has 1 aliphatic heterocycles. The Bertz CT molecular complexity index is 339. The van der Waals surface area contributed by atoms with E-state index in [1.54, 1.807) is 0 Å².